The zero-order chi connectivity index (χ0) is 62.8. The Kier molecular flexibility index (Phi) is 58.3. The Balaban J connectivity index is 5.19. The van der Waals surface area contributed by atoms with Crippen LogP contribution in [0.4, 0.5) is 0 Å². The molecule has 3 N–H and O–H groups in total. The zero-order valence-electron chi connectivity index (χ0n) is 54.7. The largest absolute Gasteiger partial charge is 0.472 e. The fraction of sp³-hybridized carbons (Fsp3) is 0.939. The van der Waals surface area contributed by atoms with Crippen molar-refractivity contribution in [1.29, 1.82) is 0 Å². The Labute approximate surface area is 517 Å². The van der Waals surface area contributed by atoms with Crippen LogP contribution in [0.5, 0.6) is 0 Å². The average molecular weight is 1260 g/mol. The third kappa shape index (κ3) is 60.7. The lowest BCUT2D eigenvalue weighted by molar-refractivity contribution is -0.161. The van der Waals surface area contributed by atoms with Crippen LogP contribution in [0.1, 0.15) is 336 Å². The molecule has 17 nitrogen and oxygen atoms in total. The maximum Gasteiger partial charge on any atom is 0.472 e. The maximum absolute atomic E-state index is 13.0. The topological polar surface area (TPSA) is 237 Å². The SMILES string of the molecule is CCCCCCCCCCCCC(=O)OC[C@H](COP(=O)(O)OC[C@@H](O)COP(=O)(O)OC[C@@H](COC(=O)CCCCCCCCCC)OC(=O)CCCCCCCCCCCC)OC(=O)CCCCCCCCCCCCCCCCC(C)C. The standard InChI is InChI=1S/C66H128O17P2/c1-6-9-12-15-18-21-30-35-40-45-50-64(69)77-56-62(83-66(71)52-47-42-37-32-28-26-24-23-25-27-29-33-38-43-48-59(4)5)58-81-85(74,75)79-54-60(67)53-78-84(72,73)80-57-61(55-76-63(68)49-44-39-34-20-17-14-11-8-3)82-65(70)51-46-41-36-31-22-19-16-13-10-7-2/h59-62,67H,6-58H2,1-5H3,(H,72,73)(H,74,75)/t60-,61+,62+/m0/s1. The molecular formula is C66H128O17P2. The molecule has 0 aromatic heterocycles. The minimum Gasteiger partial charge on any atom is -0.462 e. The minimum absolute atomic E-state index is 0.106. The van der Waals surface area contributed by atoms with Crippen LogP contribution >= 0.6 is 15.6 Å². The van der Waals surface area contributed by atoms with Gasteiger partial charge in [-0.25, -0.2) is 9.13 Å². The molecule has 0 rings (SSSR count). The zero-order valence-corrected chi connectivity index (χ0v) is 56.5. The van der Waals surface area contributed by atoms with Gasteiger partial charge in [0.2, 0.25) is 0 Å². The summed E-state index contributed by atoms with van der Waals surface area (Å²) < 4.78 is 68.0. The molecule has 504 valence electrons. The maximum atomic E-state index is 13.0. The first kappa shape index (κ1) is 83.1. The van der Waals surface area contributed by atoms with Crippen LogP contribution in [-0.2, 0) is 65.4 Å². The van der Waals surface area contributed by atoms with Crippen molar-refractivity contribution in [3.05, 3.63) is 0 Å². The summed E-state index contributed by atoms with van der Waals surface area (Å²) in [7, 11) is -9.88. The molecule has 0 saturated carbocycles. The molecular weight excluding hydrogens is 1130 g/mol. The molecule has 0 radical (unpaired) electrons. The monoisotopic (exact) mass is 1250 g/mol. The van der Waals surface area contributed by atoms with Gasteiger partial charge >= 0.3 is 39.5 Å². The lowest BCUT2D eigenvalue weighted by Crippen LogP contribution is -2.30. The normalized spacial score (nSPS) is 14.2. The van der Waals surface area contributed by atoms with Crippen LogP contribution in [0.2, 0.25) is 0 Å². The van der Waals surface area contributed by atoms with Crippen molar-refractivity contribution in [1.82, 2.24) is 0 Å². The molecule has 0 spiro atoms. The smallest absolute Gasteiger partial charge is 0.462 e. The van der Waals surface area contributed by atoms with Crippen LogP contribution in [0.25, 0.3) is 0 Å². The van der Waals surface area contributed by atoms with Crippen molar-refractivity contribution in [2.75, 3.05) is 39.6 Å². The first-order valence-corrected chi connectivity index (χ1v) is 37.6. The van der Waals surface area contributed by atoms with E-state index in [4.69, 9.17) is 37.0 Å². The molecule has 0 fully saturated rings. The summed E-state index contributed by atoms with van der Waals surface area (Å²) in [6.07, 6.45) is 44.4. The number of unbranched alkanes of at least 4 members (excludes halogenated alkanes) is 38. The second-order valence-corrected chi connectivity index (χ2v) is 27.2. The van der Waals surface area contributed by atoms with Gasteiger partial charge in [-0.2, -0.15) is 0 Å². The van der Waals surface area contributed by atoms with Crippen LogP contribution in [0.15, 0.2) is 0 Å². The molecule has 85 heavy (non-hydrogen) atoms. The molecule has 0 aliphatic carbocycles. The van der Waals surface area contributed by atoms with Crippen molar-refractivity contribution >= 4 is 39.5 Å². The van der Waals surface area contributed by atoms with E-state index in [1.165, 1.54) is 154 Å². The highest BCUT2D eigenvalue weighted by Gasteiger charge is 2.30. The summed E-state index contributed by atoms with van der Waals surface area (Å²) in [6.45, 7) is 7.19. The number of aliphatic hydroxyl groups excluding tert-OH is 1. The van der Waals surface area contributed by atoms with Gasteiger partial charge < -0.3 is 33.8 Å². The molecule has 0 bridgehead atoms. The summed E-state index contributed by atoms with van der Waals surface area (Å²) in [4.78, 5) is 72.2. The molecule has 5 atom stereocenters. The van der Waals surface area contributed by atoms with Gasteiger partial charge in [0, 0.05) is 25.7 Å². The van der Waals surface area contributed by atoms with Crippen molar-refractivity contribution in [2.45, 2.75) is 355 Å². The molecule has 2 unspecified atom stereocenters. The lowest BCUT2D eigenvalue weighted by Gasteiger charge is -2.21. The number of hydrogen-bond donors (Lipinski definition) is 3. The van der Waals surface area contributed by atoms with Crippen LogP contribution < -0.4 is 0 Å². The van der Waals surface area contributed by atoms with Gasteiger partial charge in [-0.1, -0.05) is 285 Å². The van der Waals surface area contributed by atoms with E-state index in [1.807, 2.05) is 0 Å². The third-order valence-electron chi connectivity index (χ3n) is 15.3. The minimum atomic E-state index is -4.94. The fourth-order valence-corrected chi connectivity index (χ4v) is 11.5. The van der Waals surface area contributed by atoms with E-state index in [0.29, 0.717) is 25.7 Å². The van der Waals surface area contributed by atoms with Crippen molar-refractivity contribution < 1.29 is 80.2 Å². The van der Waals surface area contributed by atoms with Gasteiger partial charge in [-0.15, -0.1) is 0 Å². The number of carbonyl (C=O) groups is 4. The van der Waals surface area contributed by atoms with Crippen LogP contribution in [-0.4, -0.2) is 96.7 Å². The Morgan fingerprint density at radius 2 is 0.541 bits per heavy atom. The molecule has 0 aliphatic rings. The average Bonchev–Trinajstić information content (AvgIpc) is 3.58. The lowest BCUT2D eigenvalue weighted by atomic mass is 10.0. The molecule has 0 aromatic carbocycles. The number of esters is 4. The van der Waals surface area contributed by atoms with Gasteiger partial charge in [0.25, 0.3) is 0 Å². The Hall–Kier alpha value is -1.94. The van der Waals surface area contributed by atoms with Gasteiger partial charge in [0.1, 0.15) is 19.3 Å². The first-order chi connectivity index (χ1) is 41.0. The van der Waals surface area contributed by atoms with Crippen LogP contribution in [0, 0.1) is 5.92 Å². The van der Waals surface area contributed by atoms with E-state index in [1.54, 1.807) is 0 Å². The number of phosphoric ester groups is 2. The summed E-state index contributed by atoms with van der Waals surface area (Å²) in [5.41, 5.74) is 0. The number of ether oxygens (including phenoxy) is 4. The third-order valence-corrected chi connectivity index (χ3v) is 17.2. The Morgan fingerprint density at radius 3 is 0.800 bits per heavy atom. The van der Waals surface area contributed by atoms with E-state index in [0.717, 1.165) is 102 Å². The molecule has 0 aliphatic heterocycles. The number of phosphoric acid groups is 2. The van der Waals surface area contributed by atoms with E-state index < -0.39 is 97.5 Å². The van der Waals surface area contributed by atoms with Crippen molar-refractivity contribution in [3.63, 3.8) is 0 Å². The number of aliphatic hydroxyl groups is 1. The summed E-state index contributed by atoms with van der Waals surface area (Å²) in [5, 5.41) is 10.5. The second-order valence-electron chi connectivity index (χ2n) is 24.3. The molecule has 0 saturated heterocycles. The van der Waals surface area contributed by atoms with Crippen LogP contribution in [0.3, 0.4) is 0 Å². The molecule has 0 heterocycles. The predicted octanol–water partition coefficient (Wildman–Crippen LogP) is 18.6. The van der Waals surface area contributed by atoms with Gasteiger partial charge in [0.05, 0.1) is 26.4 Å². The van der Waals surface area contributed by atoms with E-state index in [2.05, 4.69) is 34.6 Å². The number of rotatable bonds is 66. The van der Waals surface area contributed by atoms with Crippen molar-refractivity contribution in [3.8, 4) is 0 Å². The number of hydrogen-bond acceptors (Lipinski definition) is 15. The fourth-order valence-electron chi connectivity index (χ4n) is 9.94. The van der Waals surface area contributed by atoms with E-state index in [-0.39, 0.29) is 25.7 Å². The Bertz CT molecular complexity index is 1650. The molecule has 0 amide bonds. The second kappa shape index (κ2) is 59.7. The molecule has 0 aromatic rings. The predicted molar refractivity (Wildman–Crippen MR) is 340 cm³/mol. The van der Waals surface area contributed by atoms with Gasteiger partial charge in [-0.3, -0.25) is 37.3 Å². The quantitative estimate of drug-likeness (QED) is 0.0222. The highest BCUT2D eigenvalue weighted by Crippen LogP contribution is 2.45. The van der Waals surface area contributed by atoms with Crippen molar-refractivity contribution in [2.24, 2.45) is 5.92 Å². The van der Waals surface area contributed by atoms with Gasteiger partial charge in [0.15, 0.2) is 12.2 Å². The summed E-state index contributed by atoms with van der Waals surface area (Å²) >= 11 is 0. The van der Waals surface area contributed by atoms with E-state index >= 15 is 0 Å². The molecule has 19 heteroatoms. The summed E-state index contributed by atoms with van der Waals surface area (Å²) in [6, 6.07) is 0. The van der Waals surface area contributed by atoms with Gasteiger partial charge in [-0.05, 0) is 31.6 Å². The number of carbonyl (C=O) groups excluding carboxylic acids is 4. The highest BCUT2D eigenvalue weighted by atomic mass is 31.2. The first-order valence-electron chi connectivity index (χ1n) is 34.6. The highest BCUT2D eigenvalue weighted by molar-refractivity contribution is 7.47. The summed E-state index contributed by atoms with van der Waals surface area (Å²) in [5.74, 6) is -1.34. The Morgan fingerprint density at radius 1 is 0.318 bits per heavy atom. The van der Waals surface area contributed by atoms with E-state index in [9.17, 15) is 43.2 Å².